The van der Waals surface area contributed by atoms with Crippen LogP contribution in [0.1, 0.15) is 22.9 Å². The predicted molar refractivity (Wildman–Crippen MR) is 103 cm³/mol. The molecule has 1 atom stereocenters. The van der Waals surface area contributed by atoms with Crippen LogP contribution >= 0.6 is 11.3 Å². The molecule has 1 amide bonds. The number of halogens is 1. The number of benzene rings is 1. The number of amides is 1. The number of anilines is 1. The van der Waals surface area contributed by atoms with Crippen molar-refractivity contribution < 1.29 is 9.18 Å². The van der Waals surface area contributed by atoms with Crippen LogP contribution in [-0.4, -0.2) is 28.5 Å². The van der Waals surface area contributed by atoms with Crippen LogP contribution in [0.5, 0.6) is 0 Å². The van der Waals surface area contributed by atoms with Crippen LogP contribution in [0.2, 0.25) is 0 Å². The summed E-state index contributed by atoms with van der Waals surface area (Å²) < 4.78 is 12.9. The normalized spacial score (nSPS) is 12.2. The van der Waals surface area contributed by atoms with E-state index in [-0.39, 0.29) is 11.7 Å². The lowest BCUT2D eigenvalue weighted by atomic mass is 10.1. The fourth-order valence-electron chi connectivity index (χ4n) is 2.70. The molecule has 26 heavy (non-hydrogen) atoms. The van der Waals surface area contributed by atoms with Crippen LogP contribution in [0, 0.1) is 19.7 Å². The second-order valence-corrected chi connectivity index (χ2v) is 7.42. The van der Waals surface area contributed by atoms with Crippen LogP contribution in [0.25, 0.3) is 10.2 Å². The zero-order valence-corrected chi connectivity index (χ0v) is 15.8. The van der Waals surface area contributed by atoms with Gasteiger partial charge in [-0.05, 0) is 50.5 Å². The molecule has 136 valence electrons. The Morgan fingerprint density at radius 3 is 2.69 bits per heavy atom. The Labute approximate surface area is 155 Å². The summed E-state index contributed by atoms with van der Waals surface area (Å²) in [5, 5.41) is 7.06. The molecule has 0 aliphatic carbocycles. The summed E-state index contributed by atoms with van der Waals surface area (Å²) in [5.41, 5.74) is 2.12. The van der Waals surface area contributed by atoms with Gasteiger partial charge in [0, 0.05) is 11.4 Å². The molecule has 0 spiro atoms. The van der Waals surface area contributed by atoms with Crippen molar-refractivity contribution in [2.75, 3.05) is 11.9 Å². The smallest absolute Gasteiger partial charge is 0.242 e. The fraction of sp³-hybridized carbons (Fsp3) is 0.316. The minimum Gasteiger partial charge on any atom is -0.358 e. The van der Waals surface area contributed by atoms with Gasteiger partial charge in [0.25, 0.3) is 0 Å². The molecule has 3 rings (SSSR count). The standard InChI is InChI=1S/C19H21FN4OS/c1-11-13(3)26-19-16(11)17(22-10-23-19)24-12(2)18(25)21-9-8-14-4-6-15(20)7-5-14/h4-7,10,12H,8-9H2,1-3H3,(H,21,25)(H,22,23,24)/t12-/m1/s1. The Bertz CT molecular complexity index is 923. The van der Waals surface area contributed by atoms with Crippen LogP contribution in [0.3, 0.4) is 0 Å². The van der Waals surface area contributed by atoms with Crippen LogP contribution in [0.4, 0.5) is 10.2 Å². The van der Waals surface area contributed by atoms with E-state index in [1.54, 1.807) is 30.4 Å². The maximum atomic E-state index is 12.9. The second kappa shape index (κ2) is 7.78. The van der Waals surface area contributed by atoms with Crippen molar-refractivity contribution in [3.05, 3.63) is 52.4 Å². The average Bonchev–Trinajstić information content (AvgIpc) is 2.91. The summed E-state index contributed by atoms with van der Waals surface area (Å²) in [6.07, 6.45) is 2.17. The fourth-order valence-corrected chi connectivity index (χ4v) is 3.69. The molecule has 1 aromatic carbocycles. The maximum Gasteiger partial charge on any atom is 0.242 e. The van der Waals surface area contributed by atoms with Crippen LogP contribution in [-0.2, 0) is 11.2 Å². The quantitative estimate of drug-likeness (QED) is 0.694. The highest BCUT2D eigenvalue weighted by molar-refractivity contribution is 7.18. The summed E-state index contributed by atoms with van der Waals surface area (Å²) in [6.45, 7) is 6.38. The molecule has 0 saturated heterocycles. The van der Waals surface area contributed by atoms with Crippen molar-refractivity contribution in [3.8, 4) is 0 Å². The largest absolute Gasteiger partial charge is 0.358 e. The van der Waals surface area contributed by atoms with Crippen molar-refractivity contribution in [2.45, 2.75) is 33.2 Å². The molecule has 0 aliphatic heterocycles. The molecule has 2 heterocycles. The number of carbonyl (C=O) groups excluding carboxylic acids is 1. The van der Waals surface area contributed by atoms with Gasteiger partial charge >= 0.3 is 0 Å². The molecule has 0 saturated carbocycles. The number of aryl methyl sites for hydroxylation is 2. The highest BCUT2D eigenvalue weighted by atomic mass is 32.1. The first-order chi connectivity index (χ1) is 12.5. The highest BCUT2D eigenvalue weighted by Crippen LogP contribution is 2.32. The van der Waals surface area contributed by atoms with Gasteiger partial charge in [-0.3, -0.25) is 4.79 Å². The molecule has 5 nitrogen and oxygen atoms in total. The minimum atomic E-state index is -0.430. The molecular formula is C19H21FN4OS. The van der Waals surface area contributed by atoms with Gasteiger partial charge in [0.05, 0.1) is 5.39 Å². The molecule has 0 fully saturated rings. The van der Waals surface area contributed by atoms with E-state index in [0.29, 0.717) is 18.8 Å². The van der Waals surface area contributed by atoms with Crippen molar-refractivity contribution in [1.82, 2.24) is 15.3 Å². The Kier molecular flexibility index (Phi) is 5.46. The summed E-state index contributed by atoms with van der Waals surface area (Å²) in [4.78, 5) is 23.1. The number of hydrogen-bond acceptors (Lipinski definition) is 5. The lowest BCUT2D eigenvalue weighted by molar-refractivity contribution is -0.121. The van der Waals surface area contributed by atoms with Crippen molar-refractivity contribution >= 4 is 33.3 Å². The number of hydrogen-bond donors (Lipinski definition) is 2. The summed E-state index contributed by atoms with van der Waals surface area (Å²) in [7, 11) is 0. The number of aromatic nitrogens is 2. The van der Waals surface area contributed by atoms with E-state index in [9.17, 15) is 9.18 Å². The average molecular weight is 372 g/mol. The van der Waals surface area contributed by atoms with E-state index in [0.717, 1.165) is 21.3 Å². The van der Waals surface area contributed by atoms with E-state index in [4.69, 9.17) is 0 Å². The highest BCUT2D eigenvalue weighted by Gasteiger charge is 2.17. The lowest BCUT2D eigenvalue weighted by Crippen LogP contribution is -2.38. The molecule has 0 unspecified atom stereocenters. The van der Waals surface area contributed by atoms with E-state index in [1.807, 2.05) is 6.92 Å². The maximum absolute atomic E-state index is 12.9. The number of thiophene rings is 1. The third kappa shape index (κ3) is 3.99. The Balaban J connectivity index is 1.60. The molecule has 0 radical (unpaired) electrons. The SMILES string of the molecule is Cc1sc2ncnc(N[C@H](C)C(=O)NCCc3ccc(F)cc3)c2c1C. The number of nitrogens with zero attached hydrogens (tertiary/aromatic N) is 2. The van der Waals surface area contributed by atoms with Crippen molar-refractivity contribution in [2.24, 2.45) is 0 Å². The second-order valence-electron chi connectivity index (χ2n) is 6.22. The summed E-state index contributed by atoms with van der Waals surface area (Å²) in [5.74, 6) is 0.312. The van der Waals surface area contributed by atoms with Gasteiger partial charge in [-0.15, -0.1) is 11.3 Å². The summed E-state index contributed by atoms with van der Waals surface area (Å²) in [6, 6.07) is 5.87. The number of nitrogens with one attached hydrogen (secondary N) is 2. The molecule has 2 aromatic heterocycles. The van der Waals surface area contributed by atoms with Gasteiger partial charge in [0.1, 0.15) is 28.8 Å². The predicted octanol–water partition coefficient (Wildman–Crippen LogP) is 3.61. The van der Waals surface area contributed by atoms with Gasteiger partial charge in [0.2, 0.25) is 5.91 Å². The van der Waals surface area contributed by atoms with E-state index >= 15 is 0 Å². The van der Waals surface area contributed by atoms with Crippen LogP contribution < -0.4 is 10.6 Å². The third-order valence-corrected chi connectivity index (χ3v) is 5.45. The molecule has 0 aliphatic rings. The van der Waals surface area contributed by atoms with E-state index in [2.05, 4.69) is 27.5 Å². The molecule has 3 aromatic rings. The van der Waals surface area contributed by atoms with Crippen LogP contribution in [0.15, 0.2) is 30.6 Å². The Morgan fingerprint density at radius 1 is 1.23 bits per heavy atom. The minimum absolute atomic E-state index is 0.108. The first kappa shape index (κ1) is 18.3. The summed E-state index contributed by atoms with van der Waals surface area (Å²) >= 11 is 1.62. The van der Waals surface area contributed by atoms with E-state index < -0.39 is 6.04 Å². The van der Waals surface area contributed by atoms with Gasteiger partial charge in [0.15, 0.2) is 0 Å². The third-order valence-electron chi connectivity index (χ3n) is 4.34. The Hall–Kier alpha value is -2.54. The lowest BCUT2D eigenvalue weighted by Gasteiger charge is -2.15. The first-order valence-electron chi connectivity index (χ1n) is 8.45. The van der Waals surface area contributed by atoms with Gasteiger partial charge in [-0.25, -0.2) is 14.4 Å². The molecule has 0 bridgehead atoms. The number of rotatable bonds is 6. The van der Waals surface area contributed by atoms with Gasteiger partial charge in [-0.2, -0.15) is 0 Å². The first-order valence-corrected chi connectivity index (χ1v) is 9.26. The van der Waals surface area contributed by atoms with Crippen molar-refractivity contribution in [1.29, 1.82) is 0 Å². The zero-order chi connectivity index (χ0) is 18.7. The van der Waals surface area contributed by atoms with E-state index in [1.165, 1.54) is 23.3 Å². The number of fused-ring (bicyclic) bond motifs is 1. The molecular weight excluding hydrogens is 351 g/mol. The van der Waals surface area contributed by atoms with Crippen molar-refractivity contribution in [3.63, 3.8) is 0 Å². The van der Waals surface area contributed by atoms with Gasteiger partial charge < -0.3 is 10.6 Å². The number of carbonyl (C=O) groups is 1. The molecule has 2 N–H and O–H groups in total. The Morgan fingerprint density at radius 2 is 1.96 bits per heavy atom. The topological polar surface area (TPSA) is 66.9 Å². The molecule has 7 heteroatoms. The van der Waals surface area contributed by atoms with Gasteiger partial charge in [-0.1, -0.05) is 12.1 Å². The monoisotopic (exact) mass is 372 g/mol. The zero-order valence-electron chi connectivity index (χ0n) is 15.0.